The van der Waals surface area contributed by atoms with Crippen molar-refractivity contribution >= 4 is 28.0 Å². The molecular formula is C25H27N3O4S. The fourth-order valence-electron chi connectivity index (χ4n) is 2.88. The summed E-state index contributed by atoms with van der Waals surface area (Å²) >= 11 is 0. The van der Waals surface area contributed by atoms with E-state index in [-0.39, 0.29) is 4.90 Å². The van der Waals surface area contributed by atoms with Crippen LogP contribution in [0.1, 0.15) is 30.9 Å². The second-order valence-corrected chi connectivity index (χ2v) is 9.00. The number of unbranched alkanes of at least 4 members (excludes halogenated alkanes) is 1. The minimum Gasteiger partial charge on any atom is -0.489 e. The summed E-state index contributed by atoms with van der Waals surface area (Å²) in [6, 6.07) is 22.7. The van der Waals surface area contributed by atoms with Crippen LogP contribution in [0.5, 0.6) is 5.75 Å². The van der Waals surface area contributed by atoms with Crippen molar-refractivity contribution in [2.24, 2.45) is 4.99 Å². The van der Waals surface area contributed by atoms with Gasteiger partial charge in [-0.25, -0.2) is 17.9 Å². The average molecular weight is 466 g/mol. The topological polar surface area (TPSA) is 96.9 Å². The molecule has 8 heteroatoms. The minimum atomic E-state index is -3.95. The number of urea groups is 1. The zero-order valence-electron chi connectivity index (χ0n) is 18.4. The minimum absolute atomic E-state index is 0.0107. The second-order valence-electron chi connectivity index (χ2n) is 7.31. The maximum absolute atomic E-state index is 12.3. The molecule has 0 saturated heterocycles. The molecule has 0 radical (unpaired) electrons. The van der Waals surface area contributed by atoms with Gasteiger partial charge in [-0.3, -0.25) is 4.99 Å². The van der Waals surface area contributed by atoms with Crippen molar-refractivity contribution in [3.63, 3.8) is 0 Å². The van der Waals surface area contributed by atoms with E-state index in [9.17, 15) is 13.2 Å². The Hall–Kier alpha value is -3.65. The Morgan fingerprint density at radius 1 is 1.00 bits per heavy atom. The van der Waals surface area contributed by atoms with E-state index in [1.165, 1.54) is 12.1 Å². The molecule has 0 aromatic heterocycles. The first-order chi connectivity index (χ1) is 16.0. The molecular weight excluding hydrogens is 438 g/mol. The number of amides is 2. The molecule has 0 heterocycles. The van der Waals surface area contributed by atoms with Crippen molar-refractivity contribution in [2.75, 3.05) is 6.54 Å². The second kappa shape index (κ2) is 11.8. The van der Waals surface area contributed by atoms with Crippen LogP contribution in [0.15, 0.2) is 88.8 Å². The molecule has 0 atom stereocenters. The Morgan fingerprint density at radius 2 is 1.76 bits per heavy atom. The van der Waals surface area contributed by atoms with Gasteiger partial charge in [-0.1, -0.05) is 55.8 Å². The summed E-state index contributed by atoms with van der Waals surface area (Å²) < 4.78 is 32.5. The Balaban J connectivity index is 1.59. The van der Waals surface area contributed by atoms with Gasteiger partial charge in [0.25, 0.3) is 10.0 Å². The lowest BCUT2D eigenvalue weighted by molar-refractivity contribution is 0.245. The van der Waals surface area contributed by atoms with E-state index >= 15 is 0 Å². The van der Waals surface area contributed by atoms with Gasteiger partial charge in [0, 0.05) is 12.8 Å². The fraction of sp³-hybridized carbons (Fsp3) is 0.200. The number of hydrogen-bond donors (Lipinski definition) is 2. The van der Waals surface area contributed by atoms with Gasteiger partial charge in [-0.2, -0.15) is 0 Å². The SMILES string of the molecule is CCCCNC(=O)NS(=O)(=O)c1ccc(N=Cc2cccc(OCc3ccccc3)c2)cc1. The van der Waals surface area contributed by atoms with Crippen molar-refractivity contribution in [3.05, 3.63) is 90.0 Å². The zero-order valence-corrected chi connectivity index (χ0v) is 19.2. The van der Waals surface area contributed by atoms with Gasteiger partial charge in [0.2, 0.25) is 0 Å². The van der Waals surface area contributed by atoms with Crippen LogP contribution in [-0.4, -0.2) is 27.2 Å². The average Bonchev–Trinajstić information content (AvgIpc) is 2.82. The number of aliphatic imine (C=N–C) groups is 1. The van der Waals surface area contributed by atoms with Gasteiger partial charge in [-0.05, 0) is 53.9 Å². The normalized spacial score (nSPS) is 11.3. The van der Waals surface area contributed by atoms with Gasteiger partial charge >= 0.3 is 6.03 Å². The molecule has 0 saturated carbocycles. The predicted octanol–water partition coefficient (Wildman–Crippen LogP) is 4.80. The zero-order chi connectivity index (χ0) is 23.5. The molecule has 0 fully saturated rings. The van der Waals surface area contributed by atoms with Crippen LogP contribution in [0, 0.1) is 0 Å². The Labute approximate surface area is 194 Å². The molecule has 33 heavy (non-hydrogen) atoms. The highest BCUT2D eigenvalue weighted by Crippen LogP contribution is 2.18. The fourth-order valence-corrected chi connectivity index (χ4v) is 3.81. The first kappa shape index (κ1) is 24.0. The third-order valence-electron chi connectivity index (χ3n) is 4.66. The first-order valence-corrected chi connectivity index (χ1v) is 12.2. The third kappa shape index (κ3) is 7.76. The number of carbonyl (C=O) groups excluding carboxylic acids is 1. The number of rotatable bonds is 10. The van der Waals surface area contributed by atoms with Crippen molar-refractivity contribution in [2.45, 2.75) is 31.3 Å². The van der Waals surface area contributed by atoms with E-state index in [1.807, 2.05) is 66.2 Å². The molecule has 2 amide bonds. The molecule has 7 nitrogen and oxygen atoms in total. The number of nitrogens with zero attached hydrogens (tertiary/aromatic N) is 1. The summed E-state index contributed by atoms with van der Waals surface area (Å²) in [5.74, 6) is 0.729. The summed E-state index contributed by atoms with van der Waals surface area (Å²) in [5, 5.41) is 2.52. The van der Waals surface area contributed by atoms with Crippen molar-refractivity contribution < 1.29 is 17.9 Å². The van der Waals surface area contributed by atoms with E-state index in [0.717, 1.165) is 29.7 Å². The van der Waals surface area contributed by atoms with Crippen LogP contribution in [0.4, 0.5) is 10.5 Å². The predicted molar refractivity (Wildman–Crippen MR) is 130 cm³/mol. The van der Waals surface area contributed by atoms with Gasteiger partial charge in [0.05, 0.1) is 10.6 Å². The molecule has 3 aromatic rings. The number of nitrogens with one attached hydrogen (secondary N) is 2. The Morgan fingerprint density at radius 3 is 2.48 bits per heavy atom. The van der Waals surface area contributed by atoms with Crippen LogP contribution in [-0.2, 0) is 16.6 Å². The molecule has 0 unspecified atom stereocenters. The van der Waals surface area contributed by atoms with Crippen molar-refractivity contribution in [1.29, 1.82) is 0 Å². The highest BCUT2D eigenvalue weighted by molar-refractivity contribution is 7.90. The Kier molecular flexibility index (Phi) is 8.60. The van der Waals surface area contributed by atoms with Crippen LogP contribution in [0.3, 0.4) is 0 Å². The molecule has 0 spiro atoms. The van der Waals surface area contributed by atoms with Crippen molar-refractivity contribution in [3.8, 4) is 5.75 Å². The summed E-state index contributed by atoms with van der Waals surface area (Å²) in [6.07, 6.45) is 3.36. The van der Waals surface area contributed by atoms with Gasteiger partial charge in [0.15, 0.2) is 0 Å². The maximum Gasteiger partial charge on any atom is 0.328 e. The molecule has 2 N–H and O–H groups in total. The lowest BCUT2D eigenvalue weighted by Gasteiger charge is -2.08. The van der Waals surface area contributed by atoms with E-state index in [0.29, 0.717) is 18.8 Å². The standard InChI is InChI=1S/C25H27N3O4S/c1-2-3-16-26-25(29)28-33(30,31)24-14-12-22(13-15-24)27-18-21-10-7-11-23(17-21)32-19-20-8-5-4-6-9-20/h4-15,17-18H,2-3,16,19H2,1H3,(H2,26,28,29). The van der Waals surface area contributed by atoms with Gasteiger partial charge in [-0.15, -0.1) is 0 Å². The molecule has 0 bridgehead atoms. The number of ether oxygens (including phenoxy) is 1. The largest absolute Gasteiger partial charge is 0.489 e. The summed E-state index contributed by atoms with van der Waals surface area (Å²) in [7, 11) is -3.95. The lowest BCUT2D eigenvalue weighted by atomic mass is 10.2. The van der Waals surface area contributed by atoms with Crippen LogP contribution in [0.2, 0.25) is 0 Å². The summed E-state index contributed by atoms with van der Waals surface area (Å²) in [5.41, 5.74) is 2.51. The lowest BCUT2D eigenvalue weighted by Crippen LogP contribution is -2.39. The monoisotopic (exact) mass is 465 g/mol. The van der Waals surface area contributed by atoms with E-state index in [4.69, 9.17) is 4.74 Å². The smallest absolute Gasteiger partial charge is 0.328 e. The molecule has 3 rings (SSSR count). The molecule has 0 aliphatic heterocycles. The number of carbonyl (C=O) groups is 1. The third-order valence-corrected chi connectivity index (χ3v) is 6.01. The number of hydrogen-bond acceptors (Lipinski definition) is 5. The van der Waals surface area contributed by atoms with Crippen LogP contribution >= 0.6 is 0 Å². The molecule has 3 aromatic carbocycles. The summed E-state index contributed by atoms with van der Waals surface area (Å²) in [4.78, 5) is 16.1. The Bertz CT molecular complexity index is 1180. The molecule has 172 valence electrons. The number of benzene rings is 3. The van der Waals surface area contributed by atoms with E-state index in [1.54, 1.807) is 18.3 Å². The first-order valence-electron chi connectivity index (χ1n) is 10.7. The van der Waals surface area contributed by atoms with Gasteiger partial charge < -0.3 is 10.1 Å². The number of sulfonamides is 1. The van der Waals surface area contributed by atoms with Crippen LogP contribution < -0.4 is 14.8 Å². The highest BCUT2D eigenvalue weighted by Gasteiger charge is 2.17. The molecule has 0 aliphatic carbocycles. The molecule has 0 aliphatic rings. The van der Waals surface area contributed by atoms with E-state index < -0.39 is 16.1 Å². The van der Waals surface area contributed by atoms with Crippen LogP contribution in [0.25, 0.3) is 0 Å². The quantitative estimate of drug-likeness (QED) is 0.332. The maximum atomic E-state index is 12.3. The van der Waals surface area contributed by atoms with Gasteiger partial charge in [0.1, 0.15) is 12.4 Å². The van der Waals surface area contributed by atoms with Crippen molar-refractivity contribution in [1.82, 2.24) is 10.0 Å². The summed E-state index contributed by atoms with van der Waals surface area (Å²) in [6.45, 7) is 2.88. The highest BCUT2D eigenvalue weighted by atomic mass is 32.2. The van der Waals surface area contributed by atoms with E-state index in [2.05, 4.69) is 10.3 Å².